The largest absolute Gasteiger partial charge is 0.497 e. The average molecular weight is 513 g/mol. The third kappa shape index (κ3) is 12.2. The second-order valence-corrected chi connectivity index (χ2v) is 11.4. The van der Waals surface area contributed by atoms with Gasteiger partial charge in [0.15, 0.2) is 0 Å². The summed E-state index contributed by atoms with van der Waals surface area (Å²) in [6.07, 6.45) is -0.719. The summed E-state index contributed by atoms with van der Waals surface area (Å²) in [5, 5.41) is 5.53. The molecule has 0 aliphatic rings. The Morgan fingerprint density at radius 2 is 1.49 bits per heavy atom. The minimum Gasteiger partial charge on any atom is -0.497 e. The lowest BCUT2D eigenvalue weighted by atomic mass is 10.1. The van der Waals surface area contributed by atoms with Crippen molar-refractivity contribution in [1.82, 2.24) is 10.6 Å². The van der Waals surface area contributed by atoms with Gasteiger partial charge in [-0.3, -0.25) is 10.1 Å². The molecule has 1 aromatic carbocycles. The quantitative estimate of drug-likeness (QED) is 0.339. The number of ether oxygens (including phenoxy) is 4. The van der Waals surface area contributed by atoms with Crippen molar-refractivity contribution in [3.8, 4) is 5.75 Å². The van der Waals surface area contributed by atoms with Crippen molar-refractivity contribution in [3.05, 3.63) is 29.8 Å². The van der Waals surface area contributed by atoms with E-state index in [4.69, 9.17) is 18.9 Å². The Morgan fingerprint density at radius 1 is 0.914 bits per heavy atom. The number of thioether (sulfide) groups is 1. The maximum absolute atomic E-state index is 12.8. The van der Waals surface area contributed by atoms with Crippen LogP contribution in [-0.2, 0) is 30.3 Å². The summed E-state index contributed by atoms with van der Waals surface area (Å²) >= 11 is 1.34. The fourth-order valence-electron chi connectivity index (χ4n) is 2.87. The van der Waals surface area contributed by atoms with Gasteiger partial charge in [0.25, 0.3) is 0 Å². The van der Waals surface area contributed by atoms with Crippen molar-refractivity contribution >= 4 is 29.8 Å². The molecule has 0 saturated carbocycles. The van der Waals surface area contributed by atoms with Crippen molar-refractivity contribution in [2.45, 2.75) is 83.5 Å². The standard InChI is InChI=1S/C25H40N2O7S/c1-16(20(22(29)32-9)26-14-17-10-12-18(31-8)13-11-17)35-15-19(21(28)33-24(2,3)4)27-23(30)34-25(5,6)7/h10-13,16,19-20,26H,14-15H2,1-9H3,(H,27,30)/t16-,19-,20+/m0/s1. The van der Waals surface area contributed by atoms with Gasteiger partial charge in [-0.15, -0.1) is 0 Å². The highest BCUT2D eigenvalue weighted by atomic mass is 32.2. The fourth-order valence-corrected chi connectivity index (χ4v) is 3.99. The van der Waals surface area contributed by atoms with Crippen molar-refractivity contribution < 1.29 is 33.3 Å². The first-order chi connectivity index (χ1) is 16.1. The number of nitrogens with one attached hydrogen (secondary N) is 2. The van der Waals surface area contributed by atoms with Gasteiger partial charge in [0.05, 0.1) is 14.2 Å². The van der Waals surface area contributed by atoms with E-state index in [-0.39, 0.29) is 11.0 Å². The maximum atomic E-state index is 12.8. The van der Waals surface area contributed by atoms with Crippen LogP contribution in [0.2, 0.25) is 0 Å². The van der Waals surface area contributed by atoms with E-state index in [2.05, 4.69) is 10.6 Å². The third-order valence-electron chi connectivity index (χ3n) is 4.52. The van der Waals surface area contributed by atoms with Gasteiger partial charge < -0.3 is 24.3 Å². The molecular weight excluding hydrogens is 472 g/mol. The Labute approximate surface area is 213 Å². The summed E-state index contributed by atoms with van der Waals surface area (Å²) < 4.78 is 20.9. The number of hydrogen-bond acceptors (Lipinski definition) is 9. The predicted octanol–water partition coefficient (Wildman–Crippen LogP) is 3.68. The highest BCUT2D eigenvalue weighted by Gasteiger charge is 2.32. The van der Waals surface area contributed by atoms with Crippen LogP contribution in [0.4, 0.5) is 4.79 Å². The molecule has 0 heterocycles. The van der Waals surface area contributed by atoms with Gasteiger partial charge in [-0.2, -0.15) is 11.8 Å². The molecule has 0 aliphatic carbocycles. The van der Waals surface area contributed by atoms with Crippen LogP contribution >= 0.6 is 11.8 Å². The van der Waals surface area contributed by atoms with E-state index in [1.165, 1.54) is 18.9 Å². The smallest absolute Gasteiger partial charge is 0.408 e. The van der Waals surface area contributed by atoms with Gasteiger partial charge >= 0.3 is 18.0 Å². The number of amides is 1. The molecule has 0 radical (unpaired) electrons. The number of benzene rings is 1. The van der Waals surface area contributed by atoms with Crippen LogP contribution in [-0.4, -0.2) is 66.5 Å². The SMILES string of the molecule is COC(=O)[C@H](NCc1ccc(OC)cc1)[C@H](C)SC[C@H](NC(=O)OC(C)(C)C)C(=O)OC(C)(C)C. The summed E-state index contributed by atoms with van der Waals surface area (Å²) in [5.74, 6) is -0.0864. The molecule has 0 aromatic heterocycles. The van der Waals surface area contributed by atoms with Crippen LogP contribution < -0.4 is 15.4 Å². The molecule has 0 aliphatic heterocycles. The first kappa shape index (κ1) is 30.6. The molecule has 0 fully saturated rings. The minimum atomic E-state index is -0.962. The molecule has 9 nitrogen and oxygen atoms in total. The molecule has 3 atom stereocenters. The molecule has 1 amide bonds. The number of esters is 2. The second kappa shape index (κ2) is 13.6. The van der Waals surface area contributed by atoms with Crippen LogP contribution in [0, 0.1) is 0 Å². The zero-order valence-corrected chi connectivity index (χ0v) is 23.0. The molecule has 198 valence electrons. The molecule has 0 saturated heterocycles. The molecule has 1 rings (SSSR count). The lowest BCUT2D eigenvalue weighted by Gasteiger charge is -2.28. The normalized spacial score (nSPS) is 14.3. The second-order valence-electron chi connectivity index (χ2n) is 10.0. The average Bonchev–Trinajstić information content (AvgIpc) is 2.74. The number of rotatable bonds is 11. The van der Waals surface area contributed by atoms with E-state index in [0.29, 0.717) is 6.54 Å². The summed E-state index contributed by atoms with van der Waals surface area (Å²) in [7, 11) is 2.93. The van der Waals surface area contributed by atoms with Crippen LogP contribution in [0.15, 0.2) is 24.3 Å². The lowest BCUT2D eigenvalue weighted by molar-refractivity contribution is -0.156. The molecule has 0 unspecified atom stereocenters. The van der Waals surface area contributed by atoms with Crippen LogP contribution in [0.3, 0.4) is 0 Å². The fraction of sp³-hybridized carbons (Fsp3) is 0.640. The van der Waals surface area contributed by atoms with E-state index >= 15 is 0 Å². The van der Waals surface area contributed by atoms with E-state index in [1.807, 2.05) is 31.2 Å². The van der Waals surface area contributed by atoms with Crippen molar-refractivity contribution in [2.75, 3.05) is 20.0 Å². The van der Waals surface area contributed by atoms with E-state index < -0.39 is 41.3 Å². The van der Waals surface area contributed by atoms with E-state index in [9.17, 15) is 14.4 Å². The van der Waals surface area contributed by atoms with E-state index in [1.54, 1.807) is 48.7 Å². The number of carbonyl (C=O) groups excluding carboxylic acids is 3. The topological polar surface area (TPSA) is 112 Å². The third-order valence-corrected chi connectivity index (χ3v) is 5.84. The maximum Gasteiger partial charge on any atom is 0.408 e. The molecule has 10 heteroatoms. The Morgan fingerprint density at radius 3 is 1.97 bits per heavy atom. The highest BCUT2D eigenvalue weighted by Crippen LogP contribution is 2.20. The number of alkyl carbamates (subject to hydrolysis) is 1. The molecule has 0 spiro atoms. The Kier molecular flexibility index (Phi) is 11.9. The highest BCUT2D eigenvalue weighted by molar-refractivity contribution is 8.00. The molecule has 1 aromatic rings. The summed E-state index contributed by atoms with van der Waals surface area (Å²) in [5.41, 5.74) is -0.477. The van der Waals surface area contributed by atoms with Crippen molar-refractivity contribution in [3.63, 3.8) is 0 Å². The van der Waals surface area contributed by atoms with Crippen LogP contribution in [0.1, 0.15) is 54.0 Å². The first-order valence-electron chi connectivity index (χ1n) is 11.4. The zero-order valence-electron chi connectivity index (χ0n) is 22.2. The number of methoxy groups -OCH3 is 2. The number of hydrogen-bond donors (Lipinski definition) is 2. The molecule has 2 N–H and O–H groups in total. The van der Waals surface area contributed by atoms with Crippen molar-refractivity contribution in [1.29, 1.82) is 0 Å². The molecular formula is C25H40N2O7S. The van der Waals surface area contributed by atoms with Gasteiger partial charge in [-0.25, -0.2) is 9.59 Å². The Balaban J connectivity index is 2.88. The lowest BCUT2D eigenvalue weighted by Crippen LogP contribution is -2.49. The van der Waals surface area contributed by atoms with Gasteiger partial charge in [-0.1, -0.05) is 19.1 Å². The summed E-state index contributed by atoms with van der Waals surface area (Å²) in [6.45, 7) is 12.8. The summed E-state index contributed by atoms with van der Waals surface area (Å²) in [6, 6.07) is 5.89. The minimum absolute atomic E-state index is 0.174. The summed E-state index contributed by atoms with van der Waals surface area (Å²) in [4.78, 5) is 37.6. The van der Waals surface area contributed by atoms with Gasteiger partial charge in [0, 0.05) is 17.5 Å². The first-order valence-corrected chi connectivity index (χ1v) is 12.5. The van der Waals surface area contributed by atoms with Crippen LogP contribution in [0.5, 0.6) is 5.75 Å². The Bertz CT molecular complexity index is 832. The molecule has 35 heavy (non-hydrogen) atoms. The molecule has 0 bridgehead atoms. The Hall–Kier alpha value is -2.46. The predicted molar refractivity (Wildman–Crippen MR) is 137 cm³/mol. The monoisotopic (exact) mass is 512 g/mol. The van der Waals surface area contributed by atoms with Crippen molar-refractivity contribution in [2.24, 2.45) is 0 Å². The number of carbonyl (C=O) groups is 3. The zero-order chi connectivity index (χ0) is 26.8. The van der Waals surface area contributed by atoms with Gasteiger partial charge in [-0.05, 0) is 59.2 Å². The van der Waals surface area contributed by atoms with Gasteiger partial charge in [0.1, 0.15) is 29.0 Å². The van der Waals surface area contributed by atoms with Crippen LogP contribution in [0.25, 0.3) is 0 Å². The van der Waals surface area contributed by atoms with Gasteiger partial charge in [0.2, 0.25) is 0 Å². The van der Waals surface area contributed by atoms with E-state index in [0.717, 1.165) is 11.3 Å².